The molecule has 23 heavy (non-hydrogen) atoms. The highest BCUT2D eigenvalue weighted by molar-refractivity contribution is 5.80. The molecule has 4 saturated carbocycles. The molecule has 1 N–H and O–H groups in total. The molecule has 1 aliphatic heterocycles. The van der Waals surface area contributed by atoms with Crippen LogP contribution in [0.4, 0.5) is 0 Å². The molecule has 4 bridgehead atoms. The summed E-state index contributed by atoms with van der Waals surface area (Å²) in [7, 11) is 0. The molecule has 4 heteroatoms. The second kappa shape index (κ2) is 6.09. The Morgan fingerprint density at radius 1 is 1.17 bits per heavy atom. The van der Waals surface area contributed by atoms with E-state index in [9.17, 15) is 4.79 Å². The molecule has 5 fully saturated rings. The highest BCUT2D eigenvalue weighted by atomic mass is 16.2. The summed E-state index contributed by atoms with van der Waals surface area (Å²) < 4.78 is 0. The van der Waals surface area contributed by atoms with Gasteiger partial charge in [0.05, 0.1) is 12.0 Å². The number of nitriles is 1. The van der Waals surface area contributed by atoms with E-state index in [4.69, 9.17) is 5.26 Å². The maximum Gasteiger partial charge on any atom is 0.224 e. The highest BCUT2D eigenvalue weighted by Gasteiger charge is 2.51. The zero-order valence-electron chi connectivity index (χ0n) is 14.1. The van der Waals surface area contributed by atoms with Crippen LogP contribution >= 0.6 is 0 Å². The van der Waals surface area contributed by atoms with Crippen molar-refractivity contribution in [2.45, 2.75) is 63.3 Å². The summed E-state index contributed by atoms with van der Waals surface area (Å²) in [6.45, 7) is 2.71. The van der Waals surface area contributed by atoms with Crippen molar-refractivity contribution in [1.29, 1.82) is 5.26 Å². The topological polar surface area (TPSA) is 56.1 Å². The molecule has 0 aromatic rings. The molecule has 0 aromatic heterocycles. The number of rotatable bonds is 4. The minimum Gasteiger partial charge on any atom is -0.350 e. The maximum atomic E-state index is 12.9. The van der Waals surface area contributed by atoms with Gasteiger partial charge in [0.2, 0.25) is 5.91 Å². The van der Waals surface area contributed by atoms with E-state index in [-0.39, 0.29) is 11.5 Å². The average molecular weight is 315 g/mol. The first-order valence-electron chi connectivity index (χ1n) is 9.57. The van der Waals surface area contributed by atoms with Gasteiger partial charge in [-0.15, -0.1) is 0 Å². The van der Waals surface area contributed by atoms with Gasteiger partial charge >= 0.3 is 0 Å². The van der Waals surface area contributed by atoms with Gasteiger partial charge in [-0.3, -0.25) is 4.79 Å². The minimum atomic E-state index is 0.135. The largest absolute Gasteiger partial charge is 0.350 e. The summed E-state index contributed by atoms with van der Waals surface area (Å²) in [4.78, 5) is 15.2. The average Bonchev–Trinajstić information content (AvgIpc) is 2.51. The number of piperidine rings is 1. The lowest BCUT2D eigenvalue weighted by Gasteiger charge is -2.57. The van der Waals surface area contributed by atoms with Crippen LogP contribution in [0.3, 0.4) is 0 Å². The van der Waals surface area contributed by atoms with Gasteiger partial charge in [0.15, 0.2) is 0 Å². The number of carbonyl (C=O) groups is 1. The van der Waals surface area contributed by atoms with Crippen molar-refractivity contribution in [3.8, 4) is 6.07 Å². The zero-order valence-corrected chi connectivity index (χ0v) is 14.1. The van der Waals surface area contributed by atoms with Gasteiger partial charge in [-0.1, -0.05) is 0 Å². The van der Waals surface area contributed by atoms with E-state index in [2.05, 4.69) is 16.3 Å². The smallest absolute Gasteiger partial charge is 0.224 e. The third-order valence-corrected chi connectivity index (χ3v) is 6.84. The first kappa shape index (κ1) is 15.4. The van der Waals surface area contributed by atoms with Gasteiger partial charge in [-0.2, -0.15) is 5.26 Å². The number of likely N-dealkylation sites (tertiary alicyclic amines) is 1. The quantitative estimate of drug-likeness (QED) is 0.868. The predicted octanol–water partition coefficient (Wildman–Crippen LogP) is 2.70. The fourth-order valence-corrected chi connectivity index (χ4v) is 6.31. The van der Waals surface area contributed by atoms with Gasteiger partial charge in [-0.25, -0.2) is 0 Å². The van der Waals surface area contributed by atoms with Crippen LogP contribution in [0.1, 0.15) is 57.8 Å². The monoisotopic (exact) mass is 315 g/mol. The minimum absolute atomic E-state index is 0.135. The summed E-state index contributed by atoms with van der Waals surface area (Å²) in [6, 6.07) is 2.22. The van der Waals surface area contributed by atoms with E-state index >= 15 is 0 Å². The van der Waals surface area contributed by atoms with E-state index in [1.54, 1.807) is 0 Å². The summed E-state index contributed by atoms with van der Waals surface area (Å²) in [5.74, 6) is 3.06. The Morgan fingerprint density at radius 2 is 1.83 bits per heavy atom. The Morgan fingerprint density at radius 3 is 2.43 bits per heavy atom. The molecule has 1 amide bonds. The van der Waals surface area contributed by atoms with Crippen LogP contribution in [0, 0.1) is 35.0 Å². The molecule has 1 unspecified atom stereocenters. The van der Waals surface area contributed by atoms with Crippen molar-refractivity contribution >= 4 is 5.91 Å². The lowest BCUT2D eigenvalue weighted by atomic mass is 9.53. The van der Waals surface area contributed by atoms with Crippen LogP contribution in [0.5, 0.6) is 0 Å². The molecule has 1 atom stereocenters. The van der Waals surface area contributed by atoms with Gasteiger partial charge in [0.1, 0.15) is 0 Å². The Labute approximate surface area is 139 Å². The number of nitrogens with one attached hydrogen (secondary N) is 1. The number of hydrogen-bond acceptors (Lipinski definition) is 3. The molecular formula is C19H29N3O. The lowest BCUT2D eigenvalue weighted by Crippen LogP contribution is -2.61. The molecule has 4 nitrogen and oxygen atoms in total. The lowest BCUT2D eigenvalue weighted by molar-refractivity contribution is -0.132. The van der Waals surface area contributed by atoms with Crippen molar-refractivity contribution < 1.29 is 4.79 Å². The van der Waals surface area contributed by atoms with Crippen molar-refractivity contribution in [3.63, 3.8) is 0 Å². The third-order valence-electron chi connectivity index (χ3n) is 6.84. The van der Waals surface area contributed by atoms with Crippen LogP contribution in [-0.4, -0.2) is 36.0 Å². The number of hydrogen-bond donors (Lipinski definition) is 1. The van der Waals surface area contributed by atoms with Crippen molar-refractivity contribution in [3.05, 3.63) is 0 Å². The highest BCUT2D eigenvalue weighted by Crippen LogP contribution is 2.55. The summed E-state index contributed by atoms with van der Waals surface area (Å²) in [6.07, 6.45) is 10.6. The van der Waals surface area contributed by atoms with Crippen LogP contribution < -0.4 is 5.32 Å². The molecule has 0 radical (unpaired) electrons. The Kier molecular flexibility index (Phi) is 4.09. The summed E-state index contributed by atoms with van der Waals surface area (Å²) in [5, 5.41) is 12.3. The molecule has 4 aliphatic carbocycles. The summed E-state index contributed by atoms with van der Waals surface area (Å²) in [5.41, 5.74) is 0.140. The molecular weight excluding hydrogens is 286 g/mol. The second-order valence-electron chi connectivity index (χ2n) is 8.74. The van der Waals surface area contributed by atoms with Gasteiger partial charge in [0, 0.05) is 25.0 Å². The predicted molar refractivity (Wildman–Crippen MR) is 88.4 cm³/mol. The van der Waals surface area contributed by atoms with Crippen molar-refractivity contribution in [2.75, 3.05) is 19.6 Å². The van der Waals surface area contributed by atoms with E-state index in [1.807, 2.05) is 0 Å². The molecule has 0 aromatic carbocycles. The van der Waals surface area contributed by atoms with Gasteiger partial charge in [0.25, 0.3) is 0 Å². The van der Waals surface area contributed by atoms with Crippen LogP contribution in [0.25, 0.3) is 0 Å². The van der Waals surface area contributed by atoms with Crippen LogP contribution in [0.15, 0.2) is 0 Å². The van der Waals surface area contributed by atoms with E-state index in [0.717, 1.165) is 50.2 Å². The normalized spacial score (nSPS) is 42.4. The van der Waals surface area contributed by atoms with Crippen LogP contribution in [-0.2, 0) is 4.79 Å². The summed E-state index contributed by atoms with van der Waals surface area (Å²) >= 11 is 0. The van der Waals surface area contributed by atoms with E-state index in [0.29, 0.717) is 12.3 Å². The number of nitrogens with zero attached hydrogens (tertiary/aromatic N) is 2. The fraction of sp³-hybridized carbons (Fsp3) is 0.895. The molecule has 1 saturated heterocycles. The maximum absolute atomic E-state index is 12.9. The molecule has 5 rings (SSSR count). The van der Waals surface area contributed by atoms with Gasteiger partial charge < -0.3 is 10.2 Å². The first-order chi connectivity index (χ1) is 11.2. The first-order valence-corrected chi connectivity index (χ1v) is 9.57. The fourth-order valence-electron chi connectivity index (χ4n) is 6.31. The van der Waals surface area contributed by atoms with E-state index in [1.165, 1.54) is 38.5 Å². The molecule has 0 spiro atoms. The molecule has 1 heterocycles. The Balaban J connectivity index is 1.37. The van der Waals surface area contributed by atoms with E-state index < -0.39 is 0 Å². The van der Waals surface area contributed by atoms with Gasteiger partial charge in [-0.05, 0) is 75.7 Å². The Hall–Kier alpha value is -1.08. The van der Waals surface area contributed by atoms with Crippen molar-refractivity contribution in [1.82, 2.24) is 10.2 Å². The standard InChI is InChI=1S/C19H29N3O/c20-4-2-6-22-5-1-3-17(13-22)18(23)21-19-10-14-7-15(11-19)9-16(8-14)12-19/h14-17H,1-3,5-13H2,(H,21,23). The SMILES string of the molecule is N#CCCN1CCCC(C(=O)NC23CC4CC(CC(C4)C2)C3)C1. The number of carbonyl (C=O) groups excluding carboxylic acids is 1. The molecule has 5 aliphatic rings. The van der Waals surface area contributed by atoms with Crippen LogP contribution in [0.2, 0.25) is 0 Å². The number of amides is 1. The zero-order chi connectivity index (χ0) is 15.9. The Bertz CT molecular complexity index is 474. The second-order valence-corrected chi connectivity index (χ2v) is 8.74. The molecule has 126 valence electrons. The third kappa shape index (κ3) is 3.13. The van der Waals surface area contributed by atoms with Crippen molar-refractivity contribution in [2.24, 2.45) is 23.7 Å².